The summed E-state index contributed by atoms with van der Waals surface area (Å²) >= 11 is 0. The normalized spacial score (nSPS) is 25.5. The van der Waals surface area contributed by atoms with Gasteiger partial charge in [0.25, 0.3) is 0 Å². The highest BCUT2D eigenvalue weighted by molar-refractivity contribution is 5.76. The van der Waals surface area contributed by atoms with Crippen molar-refractivity contribution in [3.8, 4) is 11.5 Å². The summed E-state index contributed by atoms with van der Waals surface area (Å²) < 4.78 is 11.4. The third-order valence-electron chi connectivity index (χ3n) is 5.95. The van der Waals surface area contributed by atoms with Crippen LogP contribution in [0.4, 0.5) is 0 Å². The summed E-state index contributed by atoms with van der Waals surface area (Å²) in [5.41, 5.74) is 0.620. The van der Waals surface area contributed by atoms with Crippen LogP contribution in [0.1, 0.15) is 45.1 Å². The molecule has 0 radical (unpaired) electrons. The molecule has 1 saturated carbocycles. The minimum absolute atomic E-state index is 0.292. The van der Waals surface area contributed by atoms with Gasteiger partial charge in [-0.1, -0.05) is 26.3 Å². The zero-order valence-electron chi connectivity index (χ0n) is 16.2. The highest BCUT2D eigenvalue weighted by Crippen LogP contribution is 2.49. The first-order valence-corrected chi connectivity index (χ1v) is 9.70. The van der Waals surface area contributed by atoms with Gasteiger partial charge < -0.3 is 14.6 Å². The first-order valence-electron chi connectivity index (χ1n) is 9.70. The Hall–Kier alpha value is -1.75. The first-order chi connectivity index (χ1) is 12.4. The number of rotatable bonds is 8. The molecule has 1 aliphatic heterocycles. The lowest BCUT2D eigenvalue weighted by atomic mass is 9.81. The summed E-state index contributed by atoms with van der Waals surface area (Å²) in [4.78, 5) is 14.1. The largest absolute Gasteiger partial charge is 0.493 e. The van der Waals surface area contributed by atoms with E-state index in [0.29, 0.717) is 25.0 Å². The van der Waals surface area contributed by atoms with Crippen LogP contribution >= 0.6 is 0 Å². The predicted molar refractivity (Wildman–Crippen MR) is 101 cm³/mol. The van der Waals surface area contributed by atoms with Gasteiger partial charge in [0.05, 0.1) is 19.1 Å². The van der Waals surface area contributed by atoms with Crippen LogP contribution in [-0.2, 0) is 11.3 Å². The number of hydrogen-bond donors (Lipinski definition) is 1. The van der Waals surface area contributed by atoms with E-state index in [9.17, 15) is 9.90 Å². The fraction of sp³-hybridized carbons (Fsp3) is 0.667. The quantitative estimate of drug-likeness (QED) is 0.763. The Kier molecular flexibility index (Phi) is 5.76. The fourth-order valence-electron chi connectivity index (χ4n) is 4.46. The number of benzene rings is 1. The number of carboxylic acids is 1. The van der Waals surface area contributed by atoms with Crippen molar-refractivity contribution in [1.29, 1.82) is 0 Å². The molecular weight excluding hydrogens is 330 g/mol. The van der Waals surface area contributed by atoms with Crippen LogP contribution in [0.2, 0.25) is 0 Å². The Balaban J connectivity index is 1.67. The lowest BCUT2D eigenvalue weighted by Crippen LogP contribution is -2.35. The van der Waals surface area contributed by atoms with Crippen LogP contribution in [0.3, 0.4) is 0 Å². The van der Waals surface area contributed by atoms with E-state index < -0.39 is 11.4 Å². The van der Waals surface area contributed by atoms with Crippen molar-refractivity contribution in [1.82, 2.24) is 4.90 Å². The Morgan fingerprint density at radius 2 is 2.19 bits per heavy atom. The molecule has 26 heavy (non-hydrogen) atoms. The summed E-state index contributed by atoms with van der Waals surface area (Å²) in [7, 11) is 1.66. The number of fused-ring (bicyclic) bond motifs is 1. The van der Waals surface area contributed by atoms with Crippen molar-refractivity contribution < 1.29 is 19.4 Å². The summed E-state index contributed by atoms with van der Waals surface area (Å²) in [5.74, 6) is 1.80. The summed E-state index contributed by atoms with van der Waals surface area (Å²) in [5, 5.41) is 9.75. The topological polar surface area (TPSA) is 59.0 Å². The molecule has 1 saturated heterocycles. The van der Waals surface area contributed by atoms with Gasteiger partial charge in [-0.05, 0) is 48.8 Å². The third kappa shape index (κ3) is 3.83. The highest BCUT2D eigenvalue weighted by Gasteiger charge is 2.54. The van der Waals surface area contributed by atoms with E-state index in [-0.39, 0.29) is 0 Å². The number of carboxylic acid groups (broad SMARTS) is 1. The smallest absolute Gasteiger partial charge is 0.311 e. The van der Waals surface area contributed by atoms with Gasteiger partial charge in [-0.3, -0.25) is 9.69 Å². The molecule has 1 N–H and O–H groups in total. The Morgan fingerprint density at radius 1 is 1.38 bits per heavy atom. The van der Waals surface area contributed by atoms with E-state index in [0.717, 1.165) is 55.8 Å². The lowest BCUT2D eigenvalue weighted by molar-refractivity contribution is -0.149. The number of carbonyl (C=O) groups is 1. The van der Waals surface area contributed by atoms with Gasteiger partial charge in [0.1, 0.15) is 0 Å². The molecule has 0 unspecified atom stereocenters. The zero-order valence-corrected chi connectivity index (χ0v) is 16.2. The zero-order chi connectivity index (χ0) is 18.7. The summed E-state index contributed by atoms with van der Waals surface area (Å²) in [6.07, 6.45) is 3.90. The molecule has 3 rings (SSSR count). The minimum atomic E-state index is -0.616. The van der Waals surface area contributed by atoms with Crippen molar-refractivity contribution in [2.75, 3.05) is 26.8 Å². The molecule has 2 fully saturated rings. The van der Waals surface area contributed by atoms with Crippen LogP contribution < -0.4 is 9.47 Å². The van der Waals surface area contributed by atoms with E-state index >= 15 is 0 Å². The summed E-state index contributed by atoms with van der Waals surface area (Å²) in [6, 6.07) is 6.04. The monoisotopic (exact) mass is 361 g/mol. The molecule has 2 aliphatic rings. The number of nitrogens with zero attached hydrogens (tertiary/aromatic N) is 1. The molecule has 1 aromatic rings. The van der Waals surface area contributed by atoms with Gasteiger partial charge in [0, 0.05) is 19.6 Å². The average Bonchev–Trinajstić information content (AvgIpc) is 3.12. The van der Waals surface area contributed by atoms with E-state index in [2.05, 4.69) is 24.8 Å². The fourth-order valence-corrected chi connectivity index (χ4v) is 4.46. The Morgan fingerprint density at radius 3 is 2.85 bits per heavy atom. The van der Waals surface area contributed by atoms with Crippen molar-refractivity contribution in [2.24, 2.45) is 17.3 Å². The third-order valence-corrected chi connectivity index (χ3v) is 5.95. The molecule has 1 heterocycles. The molecule has 0 spiro atoms. The lowest BCUT2D eigenvalue weighted by Gasteiger charge is -2.23. The standard InChI is InChI=1S/C21H31NO4/c1-15(2)8-10-26-19-11-16(6-7-18(19)25-3)12-22-13-17-5-4-9-21(17,14-22)20(23)24/h6-7,11,15,17H,4-5,8-10,12-14H2,1-3H3,(H,23,24)/t17-,21+/m0/s1. The number of methoxy groups -OCH3 is 1. The number of ether oxygens (including phenoxy) is 2. The summed E-state index contributed by atoms with van der Waals surface area (Å²) in [6.45, 7) is 7.32. The second kappa shape index (κ2) is 7.87. The second-order valence-corrected chi connectivity index (χ2v) is 8.24. The van der Waals surface area contributed by atoms with Crippen LogP contribution in [0.15, 0.2) is 18.2 Å². The van der Waals surface area contributed by atoms with Gasteiger partial charge in [-0.2, -0.15) is 0 Å². The molecule has 5 heteroatoms. The van der Waals surface area contributed by atoms with Crippen LogP contribution in [0.5, 0.6) is 11.5 Å². The highest BCUT2D eigenvalue weighted by atomic mass is 16.5. The molecule has 144 valence electrons. The molecule has 0 amide bonds. The van der Waals surface area contributed by atoms with Gasteiger partial charge in [0.15, 0.2) is 11.5 Å². The minimum Gasteiger partial charge on any atom is -0.493 e. The van der Waals surface area contributed by atoms with Crippen molar-refractivity contribution >= 4 is 5.97 Å². The van der Waals surface area contributed by atoms with Gasteiger partial charge in [-0.25, -0.2) is 0 Å². The molecule has 0 bridgehead atoms. The van der Waals surface area contributed by atoms with Gasteiger partial charge in [-0.15, -0.1) is 0 Å². The Bertz CT molecular complexity index is 645. The SMILES string of the molecule is COc1ccc(CN2C[C@@H]3CCC[C@@]3(C(=O)O)C2)cc1OCCC(C)C. The molecule has 2 atom stereocenters. The van der Waals surface area contributed by atoms with Crippen LogP contribution in [-0.4, -0.2) is 42.8 Å². The first kappa shape index (κ1) is 19.0. The maximum absolute atomic E-state index is 11.9. The Labute approximate surface area is 156 Å². The average molecular weight is 361 g/mol. The number of likely N-dealkylation sites (tertiary alicyclic amines) is 1. The maximum atomic E-state index is 11.9. The van der Waals surface area contributed by atoms with Gasteiger partial charge >= 0.3 is 5.97 Å². The maximum Gasteiger partial charge on any atom is 0.311 e. The predicted octanol–water partition coefficient (Wildman–Crippen LogP) is 3.81. The number of aliphatic carboxylic acids is 1. The van der Waals surface area contributed by atoms with E-state index in [1.807, 2.05) is 12.1 Å². The molecule has 1 aromatic carbocycles. The number of hydrogen-bond acceptors (Lipinski definition) is 4. The molecular formula is C21H31NO4. The van der Waals surface area contributed by atoms with E-state index in [4.69, 9.17) is 9.47 Å². The van der Waals surface area contributed by atoms with Gasteiger partial charge in [0.2, 0.25) is 0 Å². The van der Waals surface area contributed by atoms with E-state index in [1.165, 1.54) is 0 Å². The molecule has 5 nitrogen and oxygen atoms in total. The van der Waals surface area contributed by atoms with E-state index in [1.54, 1.807) is 7.11 Å². The molecule has 0 aromatic heterocycles. The van der Waals surface area contributed by atoms with Crippen LogP contribution in [0.25, 0.3) is 0 Å². The van der Waals surface area contributed by atoms with Crippen LogP contribution in [0, 0.1) is 17.3 Å². The second-order valence-electron chi connectivity index (χ2n) is 8.24. The molecule has 1 aliphatic carbocycles. The van der Waals surface area contributed by atoms with Crippen molar-refractivity contribution in [3.63, 3.8) is 0 Å². The van der Waals surface area contributed by atoms with Crippen molar-refractivity contribution in [2.45, 2.75) is 46.1 Å². The van der Waals surface area contributed by atoms with Crippen molar-refractivity contribution in [3.05, 3.63) is 23.8 Å².